The van der Waals surface area contributed by atoms with Gasteiger partial charge in [0.05, 0.1) is 23.8 Å². The third-order valence-corrected chi connectivity index (χ3v) is 6.65. The van der Waals surface area contributed by atoms with E-state index >= 15 is 0 Å². The molecule has 6 nitrogen and oxygen atoms in total. The van der Waals surface area contributed by atoms with E-state index in [0.29, 0.717) is 46.3 Å². The van der Waals surface area contributed by atoms with Crippen molar-refractivity contribution in [3.8, 4) is 11.5 Å². The van der Waals surface area contributed by atoms with Crippen LogP contribution in [-0.2, 0) is 14.3 Å². The molecule has 1 atom stereocenters. The number of methoxy groups -OCH3 is 1. The molecule has 174 valence electrons. The predicted molar refractivity (Wildman–Crippen MR) is 126 cm³/mol. The van der Waals surface area contributed by atoms with Crippen LogP contribution in [0.15, 0.2) is 39.1 Å². The largest absolute Gasteiger partial charge is 0.503 e. The summed E-state index contributed by atoms with van der Waals surface area (Å²) in [5.41, 5.74) is 3.07. The van der Waals surface area contributed by atoms with Gasteiger partial charge in [0, 0.05) is 29.3 Å². The summed E-state index contributed by atoms with van der Waals surface area (Å²) in [7, 11) is 1.47. The normalized spacial score (nSPS) is 20.1. The number of hydrogen-bond acceptors (Lipinski definition) is 6. The number of phenols is 1. The number of nitrogens with one attached hydrogen (secondary N) is 1. The van der Waals surface area contributed by atoms with Crippen LogP contribution in [0.2, 0.25) is 0 Å². The van der Waals surface area contributed by atoms with E-state index in [1.54, 1.807) is 12.1 Å². The summed E-state index contributed by atoms with van der Waals surface area (Å²) in [5.74, 6) is -0.768. The van der Waals surface area contributed by atoms with Crippen LogP contribution in [0.1, 0.15) is 71.3 Å². The van der Waals surface area contributed by atoms with E-state index in [1.165, 1.54) is 7.11 Å². The highest BCUT2D eigenvalue weighted by molar-refractivity contribution is 9.10. The topological polar surface area (TPSA) is 84.9 Å². The molecule has 7 heteroatoms. The minimum atomic E-state index is -0.598. The van der Waals surface area contributed by atoms with Crippen LogP contribution in [0.4, 0.5) is 0 Å². The Labute approximate surface area is 198 Å². The Morgan fingerprint density at radius 2 is 2.00 bits per heavy atom. The molecule has 0 saturated heterocycles. The Morgan fingerprint density at radius 3 is 2.66 bits per heavy atom. The van der Waals surface area contributed by atoms with Crippen molar-refractivity contribution >= 4 is 27.7 Å². The number of rotatable bonds is 7. The van der Waals surface area contributed by atoms with Gasteiger partial charge in [-0.3, -0.25) is 4.79 Å². The maximum absolute atomic E-state index is 13.3. The highest BCUT2D eigenvalue weighted by Gasteiger charge is 2.43. The summed E-state index contributed by atoms with van der Waals surface area (Å²) in [5, 5.41) is 13.6. The lowest BCUT2D eigenvalue weighted by Crippen LogP contribution is -2.38. The van der Waals surface area contributed by atoms with Crippen LogP contribution < -0.4 is 10.1 Å². The molecule has 1 aliphatic heterocycles. The molecule has 2 aliphatic rings. The number of phenolic OH excluding ortho intramolecular Hbond substituents is 1. The van der Waals surface area contributed by atoms with E-state index in [1.807, 2.05) is 6.92 Å². The first-order valence-electron chi connectivity index (χ1n) is 11.1. The molecule has 0 aromatic heterocycles. The van der Waals surface area contributed by atoms with Crippen LogP contribution in [0, 0.1) is 5.41 Å². The predicted octanol–water partition coefficient (Wildman–Crippen LogP) is 5.50. The first kappa shape index (κ1) is 24.4. The lowest BCUT2D eigenvalue weighted by Gasteiger charge is -2.39. The van der Waals surface area contributed by atoms with Gasteiger partial charge in [-0.05, 0) is 58.8 Å². The van der Waals surface area contributed by atoms with Crippen molar-refractivity contribution in [2.45, 2.75) is 65.7 Å². The molecule has 0 bridgehead atoms. The SMILES string of the molecule is CCCCCOC(=O)C1=C(C)NC2=C(C(=O)CC(C)(C)C2)[C@H]1c1cc(Br)c(O)c(OC)c1. The summed E-state index contributed by atoms with van der Waals surface area (Å²) < 4.78 is 11.4. The zero-order valence-corrected chi connectivity index (χ0v) is 21.0. The van der Waals surface area contributed by atoms with Gasteiger partial charge in [0.1, 0.15) is 0 Å². The number of hydrogen-bond donors (Lipinski definition) is 2. The average Bonchev–Trinajstić information content (AvgIpc) is 2.71. The summed E-state index contributed by atoms with van der Waals surface area (Å²) in [6.45, 7) is 8.42. The second kappa shape index (κ2) is 9.69. The number of ether oxygens (including phenoxy) is 2. The molecule has 0 unspecified atom stereocenters. The number of unbranched alkanes of at least 4 members (excludes halogenated alkanes) is 2. The summed E-state index contributed by atoms with van der Waals surface area (Å²) >= 11 is 3.38. The highest BCUT2D eigenvalue weighted by Crippen LogP contribution is 2.49. The van der Waals surface area contributed by atoms with Crippen molar-refractivity contribution in [3.05, 3.63) is 44.7 Å². The van der Waals surface area contributed by atoms with Gasteiger partial charge in [-0.1, -0.05) is 33.6 Å². The fourth-order valence-electron chi connectivity index (χ4n) is 4.55. The Morgan fingerprint density at radius 1 is 1.28 bits per heavy atom. The van der Waals surface area contributed by atoms with E-state index in [-0.39, 0.29) is 22.7 Å². The third-order valence-electron chi connectivity index (χ3n) is 6.04. The van der Waals surface area contributed by atoms with E-state index < -0.39 is 11.9 Å². The van der Waals surface area contributed by atoms with Gasteiger partial charge in [-0.2, -0.15) is 0 Å². The second-order valence-corrected chi connectivity index (χ2v) is 10.2. The lowest BCUT2D eigenvalue weighted by atomic mass is 9.68. The zero-order valence-electron chi connectivity index (χ0n) is 19.4. The Hall–Kier alpha value is -2.28. The molecule has 0 spiro atoms. The maximum Gasteiger partial charge on any atom is 0.336 e. The first-order valence-corrected chi connectivity index (χ1v) is 11.9. The molecule has 0 fully saturated rings. The molecule has 0 saturated carbocycles. The number of allylic oxidation sites excluding steroid dienone is 3. The quantitative estimate of drug-likeness (QED) is 0.375. The first-order chi connectivity index (χ1) is 15.1. The molecule has 1 aromatic carbocycles. The maximum atomic E-state index is 13.3. The number of carbonyl (C=O) groups is 2. The smallest absolute Gasteiger partial charge is 0.336 e. The number of dihydropyridines is 1. The number of ketones is 1. The Bertz CT molecular complexity index is 992. The summed E-state index contributed by atoms with van der Waals surface area (Å²) in [4.78, 5) is 26.6. The van der Waals surface area contributed by atoms with Crippen LogP contribution in [0.25, 0.3) is 0 Å². The van der Waals surface area contributed by atoms with Crippen LogP contribution in [0.3, 0.4) is 0 Å². The van der Waals surface area contributed by atoms with Crippen LogP contribution in [-0.4, -0.2) is 30.6 Å². The van der Waals surface area contributed by atoms with Gasteiger partial charge in [-0.25, -0.2) is 4.79 Å². The highest BCUT2D eigenvalue weighted by atomic mass is 79.9. The van der Waals surface area contributed by atoms with Crippen molar-refractivity contribution in [1.29, 1.82) is 0 Å². The number of carbonyl (C=O) groups excluding carboxylic acids is 2. The molecule has 1 aliphatic carbocycles. The number of Topliss-reactive ketones (excluding diaryl/α,β-unsaturated/α-hetero) is 1. The minimum absolute atomic E-state index is 0.0145. The van der Waals surface area contributed by atoms with Gasteiger partial charge >= 0.3 is 5.97 Å². The van der Waals surface area contributed by atoms with Gasteiger partial charge < -0.3 is 19.9 Å². The molecule has 0 radical (unpaired) electrons. The molecular weight excluding hydrogens is 474 g/mol. The van der Waals surface area contributed by atoms with E-state index in [0.717, 1.165) is 25.0 Å². The third kappa shape index (κ3) is 4.87. The van der Waals surface area contributed by atoms with E-state index in [4.69, 9.17) is 9.47 Å². The molecule has 32 heavy (non-hydrogen) atoms. The fourth-order valence-corrected chi connectivity index (χ4v) is 5.01. The summed E-state index contributed by atoms with van der Waals surface area (Å²) in [6, 6.07) is 3.43. The van der Waals surface area contributed by atoms with Crippen LogP contribution in [0.5, 0.6) is 11.5 Å². The number of halogens is 1. The zero-order chi connectivity index (χ0) is 23.6. The average molecular weight is 506 g/mol. The van der Waals surface area contributed by atoms with Gasteiger partial charge in [0.25, 0.3) is 0 Å². The fraction of sp³-hybridized carbons (Fsp3) is 0.520. The second-order valence-electron chi connectivity index (χ2n) is 9.33. The van der Waals surface area contributed by atoms with Crippen molar-refractivity contribution in [2.24, 2.45) is 5.41 Å². The Kier molecular flexibility index (Phi) is 7.38. The minimum Gasteiger partial charge on any atom is -0.503 e. The van der Waals surface area contributed by atoms with Crippen molar-refractivity contribution in [1.82, 2.24) is 5.32 Å². The molecule has 2 N–H and O–H groups in total. The standard InChI is InChI=1S/C25H32BrNO5/c1-6-7-8-9-32-24(30)20-14(2)27-17-12-25(3,4)13-18(28)22(17)21(20)15-10-16(26)23(29)19(11-15)31-5/h10-11,21,27,29H,6-9,12-13H2,1-5H3/t21-/m0/s1. The Balaban J connectivity index is 2.12. The van der Waals surface area contributed by atoms with Crippen molar-refractivity contribution < 1.29 is 24.2 Å². The molecular formula is C25H32BrNO5. The van der Waals surface area contributed by atoms with E-state index in [9.17, 15) is 14.7 Å². The van der Waals surface area contributed by atoms with Crippen molar-refractivity contribution in [3.63, 3.8) is 0 Å². The monoisotopic (exact) mass is 505 g/mol. The molecule has 1 heterocycles. The van der Waals surface area contributed by atoms with Crippen molar-refractivity contribution in [2.75, 3.05) is 13.7 Å². The van der Waals surface area contributed by atoms with Crippen LogP contribution >= 0.6 is 15.9 Å². The van der Waals surface area contributed by atoms with Gasteiger partial charge in [0.2, 0.25) is 0 Å². The molecule has 3 rings (SSSR count). The van der Waals surface area contributed by atoms with Gasteiger partial charge in [-0.15, -0.1) is 0 Å². The molecule has 1 aromatic rings. The molecule has 0 amide bonds. The van der Waals surface area contributed by atoms with E-state index in [2.05, 4.69) is 42.0 Å². The lowest BCUT2D eigenvalue weighted by molar-refractivity contribution is -0.139. The summed E-state index contributed by atoms with van der Waals surface area (Å²) in [6.07, 6.45) is 3.92. The van der Waals surface area contributed by atoms with Gasteiger partial charge in [0.15, 0.2) is 17.3 Å². The number of benzene rings is 1. The number of aromatic hydroxyl groups is 1. The number of esters is 1.